The molecular formula is C20H34IN5O. The molecule has 1 aromatic rings. The summed E-state index contributed by atoms with van der Waals surface area (Å²) in [6.07, 6.45) is 3.96. The van der Waals surface area contributed by atoms with Crippen molar-refractivity contribution in [1.82, 2.24) is 16.0 Å². The highest BCUT2D eigenvalue weighted by molar-refractivity contribution is 14.0. The maximum atomic E-state index is 11.7. The van der Waals surface area contributed by atoms with Crippen molar-refractivity contribution >= 4 is 41.5 Å². The Kier molecular flexibility index (Phi) is 11.2. The zero-order chi connectivity index (χ0) is 18.8. The van der Waals surface area contributed by atoms with Gasteiger partial charge in [0.2, 0.25) is 5.91 Å². The molecule has 0 spiro atoms. The Hall–Kier alpha value is -1.51. The first-order chi connectivity index (χ1) is 12.6. The molecule has 3 N–H and O–H groups in total. The fraction of sp³-hybridized carbons (Fsp3) is 0.600. The number of amides is 1. The van der Waals surface area contributed by atoms with E-state index in [0.717, 1.165) is 26.1 Å². The lowest BCUT2D eigenvalue weighted by Gasteiger charge is -2.22. The number of guanidine groups is 1. The number of carbonyl (C=O) groups is 1. The molecule has 27 heavy (non-hydrogen) atoms. The Morgan fingerprint density at radius 1 is 1.22 bits per heavy atom. The van der Waals surface area contributed by atoms with E-state index in [-0.39, 0.29) is 35.9 Å². The normalized spacial score (nSPS) is 15.1. The second-order valence-electron chi connectivity index (χ2n) is 6.75. The molecule has 0 radical (unpaired) electrons. The highest BCUT2D eigenvalue weighted by Crippen LogP contribution is 2.23. The average Bonchev–Trinajstić information content (AvgIpc) is 3.20. The van der Waals surface area contributed by atoms with E-state index in [1.54, 1.807) is 7.05 Å². The Bertz CT molecular complexity index is 602. The molecule has 1 atom stereocenters. The Morgan fingerprint density at radius 3 is 2.63 bits per heavy atom. The predicted molar refractivity (Wildman–Crippen MR) is 124 cm³/mol. The minimum atomic E-state index is 0. The molecule has 1 unspecified atom stereocenters. The molecule has 1 saturated heterocycles. The van der Waals surface area contributed by atoms with E-state index in [2.05, 4.69) is 57.0 Å². The Labute approximate surface area is 180 Å². The van der Waals surface area contributed by atoms with E-state index in [0.29, 0.717) is 18.9 Å². The maximum Gasteiger partial charge on any atom is 0.221 e. The predicted octanol–water partition coefficient (Wildman–Crippen LogP) is 3.05. The van der Waals surface area contributed by atoms with Gasteiger partial charge in [0, 0.05) is 45.3 Å². The van der Waals surface area contributed by atoms with Crippen molar-refractivity contribution < 1.29 is 4.79 Å². The van der Waals surface area contributed by atoms with Gasteiger partial charge in [0.15, 0.2) is 5.96 Å². The van der Waals surface area contributed by atoms with Crippen LogP contribution in [0.1, 0.15) is 51.1 Å². The third-order valence-corrected chi connectivity index (χ3v) is 4.63. The molecule has 152 valence electrons. The van der Waals surface area contributed by atoms with Crippen molar-refractivity contribution in [2.45, 2.75) is 45.6 Å². The summed E-state index contributed by atoms with van der Waals surface area (Å²) >= 11 is 0. The van der Waals surface area contributed by atoms with Crippen LogP contribution in [0.5, 0.6) is 0 Å². The van der Waals surface area contributed by atoms with Crippen molar-refractivity contribution in [3.05, 3.63) is 29.8 Å². The van der Waals surface area contributed by atoms with Gasteiger partial charge in [-0.15, -0.1) is 24.0 Å². The molecule has 1 fully saturated rings. The third kappa shape index (κ3) is 7.94. The average molecular weight is 487 g/mol. The number of hydrogen-bond acceptors (Lipinski definition) is 3. The summed E-state index contributed by atoms with van der Waals surface area (Å²) in [5.41, 5.74) is 2.53. The molecule has 2 rings (SSSR count). The number of aliphatic imine (C=N–C) groups is 1. The quantitative estimate of drug-likeness (QED) is 0.300. The molecule has 6 nitrogen and oxygen atoms in total. The van der Waals surface area contributed by atoms with Crippen molar-refractivity contribution in [2.24, 2.45) is 4.99 Å². The second kappa shape index (κ2) is 12.8. The van der Waals surface area contributed by atoms with Gasteiger partial charge in [0.1, 0.15) is 0 Å². The van der Waals surface area contributed by atoms with Crippen LogP contribution in [0.2, 0.25) is 0 Å². The number of nitrogens with one attached hydrogen (secondary N) is 3. The first-order valence-corrected chi connectivity index (χ1v) is 9.72. The molecule has 1 aromatic carbocycles. The summed E-state index contributed by atoms with van der Waals surface area (Å²) in [5.74, 6) is 0.786. The minimum absolute atomic E-state index is 0. The molecule has 1 amide bonds. The van der Waals surface area contributed by atoms with Crippen molar-refractivity contribution in [3.63, 3.8) is 0 Å². The van der Waals surface area contributed by atoms with Gasteiger partial charge in [0.05, 0.1) is 6.04 Å². The van der Waals surface area contributed by atoms with Crippen LogP contribution in [-0.2, 0) is 4.79 Å². The van der Waals surface area contributed by atoms with Gasteiger partial charge in [-0.05, 0) is 43.9 Å². The zero-order valence-corrected chi connectivity index (χ0v) is 19.1. The highest BCUT2D eigenvalue weighted by atomic mass is 127. The number of rotatable bonds is 8. The van der Waals surface area contributed by atoms with Gasteiger partial charge in [-0.2, -0.15) is 0 Å². The lowest BCUT2D eigenvalue weighted by molar-refractivity contribution is -0.120. The number of hydrogen-bond donors (Lipinski definition) is 3. The first kappa shape index (κ1) is 23.5. The summed E-state index contributed by atoms with van der Waals surface area (Å²) in [6.45, 7) is 7.77. The molecule has 0 aliphatic carbocycles. The number of carbonyl (C=O) groups excluding carboxylic acids is 1. The van der Waals surface area contributed by atoms with Crippen LogP contribution < -0.4 is 20.9 Å². The van der Waals surface area contributed by atoms with Crippen LogP contribution in [0, 0.1) is 0 Å². The van der Waals surface area contributed by atoms with E-state index < -0.39 is 0 Å². The topological polar surface area (TPSA) is 68.8 Å². The molecule has 7 heteroatoms. The van der Waals surface area contributed by atoms with Crippen molar-refractivity contribution in [1.29, 1.82) is 0 Å². The minimum Gasteiger partial charge on any atom is -0.372 e. The lowest BCUT2D eigenvalue weighted by atomic mass is 10.1. The van der Waals surface area contributed by atoms with Crippen LogP contribution >= 0.6 is 24.0 Å². The van der Waals surface area contributed by atoms with E-state index >= 15 is 0 Å². The number of nitrogens with zero attached hydrogens (tertiary/aromatic N) is 2. The van der Waals surface area contributed by atoms with Crippen LogP contribution in [0.4, 0.5) is 5.69 Å². The van der Waals surface area contributed by atoms with Crippen LogP contribution in [0.15, 0.2) is 29.3 Å². The van der Waals surface area contributed by atoms with Gasteiger partial charge in [-0.25, -0.2) is 0 Å². The molecule has 0 bridgehead atoms. The summed E-state index contributed by atoms with van der Waals surface area (Å²) < 4.78 is 0. The second-order valence-corrected chi connectivity index (χ2v) is 6.75. The first-order valence-electron chi connectivity index (χ1n) is 9.72. The Balaban J connectivity index is 0.00000364. The number of halogens is 1. The molecule has 0 saturated carbocycles. The van der Waals surface area contributed by atoms with E-state index in [9.17, 15) is 4.79 Å². The summed E-state index contributed by atoms with van der Waals surface area (Å²) in [7, 11) is 1.75. The fourth-order valence-electron chi connectivity index (χ4n) is 3.10. The van der Waals surface area contributed by atoms with Crippen LogP contribution in [0.3, 0.4) is 0 Å². The summed E-state index contributed by atoms with van der Waals surface area (Å²) in [6, 6.07) is 8.84. The maximum absolute atomic E-state index is 11.7. The molecule has 1 aliphatic rings. The van der Waals surface area contributed by atoms with Crippen molar-refractivity contribution in [3.8, 4) is 0 Å². The molecule has 1 aliphatic heterocycles. The smallest absolute Gasteiger partial charge is 0.221 e. The van der Waals surface area contributed by atoms with Crippen LogP contribution in [0.25, 0.3) is 0 Å². The monoisotopic (exact) mass is 487 g/mol. The van der Waals surface area contributed by atoms with E-state index in [1.165, 1.54) is 24.1 Å². The van der Waals surface area contributed by atoms with E-state index in [1.807, 2.05) is 6.92 Å². The Morgan fingerprint density at radius 2 is 1.96 bits per heavy atom. The summed E-state index contributed by atoms with van der Waals surface area (Å²) in [4.78, 5) is 18.4. The fourth-order valence-corrected chi connectivity index (χ4v) is 3.10. The van der Waals surface area contributed by atoms with Crippen molar-refractivity contribution in [2.75, 3.05) is 38.1 Å². The van der Waals surface area contributed by atoms with Crippen LogP contribution in [-0.4, -0.2) is 45.1 Å². The van der Waals surface area contributed by atoms with Gasteiger partial charge in [-0.1, -0.05) is 19.1 Å². The highest BCUT2D eigenvalue weighted by Gasteiger charge is 2.14. The molecule has 0 aromatic heterocycles. The summed E-state index contributed by atoms with van der Waals surface area (Å²) in [5, 5.41) is 9.50. The number of benzene rings is 1. The SMILES string of the molecule is CCCNC(=O)CCNC(=NC)NC(C)c1cccc(N2CCCC2)c1.I. The zero-order valence-electron chi connectivity index (χ0n) is 16.8. The standard InChI is InChI=1S/C20H33N5O.HI/c1-4-11-22-19(26)10-12-23-20(21-3)24-16(2)17-8-7-9-18(15-17)25-13-5-6-14-25;/h7-9,15-16H,4-6,10-14H2,1-3H3,(H,22,26)(H2,21,23,24);1H. The van der Waals surface area contributed by atoms with Gasteiger partial charge < -0.3 is 20.9 Å². The molecule has 1 heterocycles. The molecular weight excluding hydrogens is 453 g/mol. The van der Waals surface area contributed by atoms with Gasteiger partial charge in [0.25, 0.3) is 0 Å². The van der Waals surface area contributed by atoms with Gasteiger partial charge >= 0.3 is 0 Å². The lowest BCUT2D eigenvalue weighted by Crippen LogP contribution is -2.40. The third-order valence-electron chi connectivity index (χ3n) is 4.63. The largest absolute Gasteiger partial charge is 0.372 e. The van der Waals surface area contributed by atoms with E-state index in [4.69, 9.17) is 0 Å². The van der Waals surface area contributed by atoms with Gasteiger partial charge in [-0.3, -0.25) is 9.79 Å². The number of anilines is 1.